The van der Waals surface area contributed by atoms with E-state index >= 15 is 0 Å². The molecule has 0 unspecified atom stereocenters. The molecule has 92 valence electrons. The zero-order valence-corrected chi connectivity index (χ0v) is 11.4. The lowest BCUT2D eigenvalue weighted by Crippen LogP contribution is -2.28. The van der Waals surface area contributed by atoms with Crippen molar-refractivity contribution in [1.29, 1.82) is 0 Å². The van der Waals surface area contributed by atoms with E-state index in [-0.39, 0.29) is 17.4 Å². The normalized spacial score (nSPS) is 16.1. The van der Waals surface area contributed by atoms with Gasteiger partial charge in [0.05, 0.1) is 11.7 Å². The van der Waals surface area contributed by atoms with Crippen molar-refractivity contribution in [3.05, 3.63) is 27.3 Å². The molecule has 0 heterocycles. The van der Waals surface area contributed by atoms with Crippen LogP contribution in [0.2, 0.25) is 0 Å². The van der Waals surface area contributed by atoms with E-state index in [0.29, 0.717) is 0 Å². The number of nitrogens with one attached hydrogen (secondary N) is 1. The van der Waals surface area contributed by atoms with Gasteiger partial charge in [0.15, 0.2) is 0 Å². The fraction of sp³-hybridized carbons (Fsp3) is 0.417. The number of benzene rings is 1. The highest BCUT2D eigenvalue weighted by molar-refractivity contribution is 14.1. The molecule has 0 radical (unpaired) electrons. The number of halogens is 1. The maximum absolute atomic E-state index is 11.8. The smallest absolute Gasteiger partial charge is 0.278 e. The quantitative estimate of drug-likeness (QED) is 0.653. The molecule has 2 N–H and O–H groups in total. The van der Waals surface area contributed by atoms with Gasteiger partial charge in [-0.2, -0.15) is 0 Å². The highest BCUT2D eigenvalue weighted by Gasteiger charge is 2.18. The molecule has 1 saturated carbocycles. The monoisotopic (exact) mass is 347 g/mol. The number of rotatable bonds is 3. The summed E-state index contributed by atoms with van der Waals surface area (Å²) in [6, 6.07) is 4.87. The van der Waals surface area contributed by atoms with Crippen molar-refractivity contribution in [1.82, 2.24) is 5.48 Å². The maximum Gasteiger partial charge on any atom is 0.278 e. The van der Waals surface area contributed by atoms with Crippen LogP contribution in [0.3, 0.4) is 0 Å². The number of phenols is 1. The minimum Gasteiger partial charge on any atom is -0.507 e. The van der Waals surface area contributed by atoms with Crippen LogP contribution >= 0.6 is 22.6 Å². The molecule has 0 aromatic heterocycles. The van der Waals surface area contributed by atoms with E-state index < -0.39 is 5.91 Å². The Hall–Kier alpha value is -0.820. The molecule has 4 nitrogen and oxygen atoms in total. The van der Waals surface area contributed by atoms with Gasteiger partial charge in [0.2, 0.25) is 0 Å². The van der Waals surface area contributed by atoms with Crippen molar-refractivity contribution < 1.29 is 14.7 Å². The SMILES string of the molecule is O=C(NOC1CCCC1)c1cc(I)ccc1O. The van der Waals surface area contributed by atoms with Gasteiger partial charge in [-0.15, -0.1) is 0 Å². The molecule has 0 saturated heterocycles. The lowest BCUT2D eigenvalue weighted by molar-refractivity contribution is -0.0126. The molecule has 17 heavy (non-hydrogen) atoms. The van der Waals surface area contributed by atoms with Gasteiger partial charge >= 0.3 is 0 Å². The van der Waals surface area contributed by atoms with E-state index in [9.17, 15) is 9.90 Å². The molecule has 5 heteroatoms. The molecule has 1 aromatic carbocycles. The summed E-state index contributed by atoms with van der Waals surface area (Å²) < 4.78 is 0.895. The molecule has 1 aliphatic rings. The first-order chi connectivity index (χ1) is 8.16. The van der Waals surface area contributed by atoms with Gasteiger partial charge in [-0.05, 0) is 53.6 Å². The number of hydrogen-bond acceptors (Lipinski definition) is 3. The van der Waals surface area contributed by atoms with Gasteiger partial charge in [0, 0.05) is 3.57 Å². The fourth-order valence-electron chi connectivity index (χ4n) is 1.89. The molecule has 0 aliphatic heterocycles. The van der Waals surface area contributed by atoms with Gasteiger partial charge in [0.25, 0.3) is 5.91 Å². The van der Waals surface area contributed by atoms with Crippen LogP contribution in [0.5, 0.6) is 5.75 Å². The largest absolute Gasteiger partial charge is 0.507 e. The van der Waals surface area contributed by atoms with Crippen LogP contribution in [-0.4, -0.2) is 17.1 Å². The van der Waals surface area contributed by atoms with E-state index in [2.05, 4.69) is 28.1 Å². The van der Waals surface area contributed by atoms with Crippen LogP contribution in [0.4, 0.5) is 0 Å². The van der Waals surface area contributed by atoms with Crippen molar-refractivity contribution in [2.75, 3.05) is 0 Å². The first-order valence-corrected chi connectivity index (χ1v) is 6.69. The Morgan fingerprint density at radius 1 is 1.41 bits per heavy atom. The van der Waals surface area contributed by atoms with Gasteiger partial charge < -0.3 is 5.11 Å². The van der Waals surface area contributed by atoms with Crippen molar-refractivity contribution in [3.63, 3.8) is 0 Å². The summed E-state index contributed by atoms with van der Waals surface area (Å²) in [5.41, 5.74) is 2.65. The van der Waals surface area contributed by atoms with E-state index in [1.807, 2.05) is 0 Å². The number of amides is 1. The molecule has 1 aromatic rings. The number of carbonyl (C=O) groups excluding carboxylic acids is 1. The third-order valence-corrected chi connectivity index (χ3v) is 3.49. The average Bonchev–Trinajstić information content (AvgIpc) is 2.82. The second-order valence-corrected chi connectivity index (χ2v) is 5.36. The Morgan fingerprint density at radius 2 is 2.12 bits per heavy atom. The molecular formula is C12H14INO3. The third kappa shape index (κ3) is 3.32. The Kier molecular flexibility index (Phi) is 4.22. The minimum absolute atomic E-state index is 0.0297. The highest BCUT2D eigenvalue weighted by atomic mass is 127. The van der Waals surface area contributed by atoms with Crippen molar-refractivity contribution in [2.24, 2.45) is 0 Å². The van der Waals surface area contributed by atoms with Gasteiger partial charge in [-0.3, -0.25) is 9.63 Å². The molecule has 2 rings (SSSR count). The first kappa shape index (κ1) is 12.6. The van der Waals surface area contributed by atoms with Crippen LogP contribution < -0.4 is 5.48 Å². The number of aromatic hydroxyl groups is 1. The minimum atomic E-state index is -0.395. The average molecular weight is 347 g/mol. The van der Waals surface area contributed by atoms with E-state index in [1.165, 1.54) is 6.07 Å². The van der Waals surface area contributed by atoms with Crippen LogP contribution in [0.1, 0.15) is 36.0 Å². The summed E-state index contributed by atoms with van der Waals surface area (Å²) in [6.07, 6.45) is 4.38. The second-order valence-electron chi connectivity index (χ2n) is 4.12. The van der Waals surface area contributed by atoms with Crippen LogP contribution in [0.15, 0.2) is 18.2 Å². The molecule has 1 aliphatic carbocycles. The number of carbonyl (C=O) groups is 1. The third-order valence-electron chi connectivity index (χ3n) is 2.82. The predicted molar refractivity (Wildman–Crippen MR) is 71.6 cm³/mol. The summed E-state index contributed by atoms with van der Waals surface area (Å²) >= 11 is 2.09. The van der Waals surface area contributed by atoms with E-state index in [1.54, 1.807) is 12.1 Å². The second kappa shape index (κ2) is 5.68. The van der Waals surface area contributed by atoms with Gasteiger partial charge in [-0.25, -0.2) is 5.48 Å². The van der Waals surface area contributed by atoms with Crippen LogP contribution in [-0.2, 0) is 4.84 Å². The number of hydrogen-bond donors (Lipinski definition) is 2. The Balaban J connectivity index is 1.96. The summed E-state index contributed by atoms with van der Waals surface area (Å²) in [5, 5.41) is 9.58. The van der Waals surface area contributed by atoms with Crippen molar-refractivity contribution in [3.8, 4) is 5.75 Å². The topological polar surface area (TPSA) is 58.6 Å². The summed E-state index contributed by atoms with van der Waals surface area (Å²) in [7, 11) is 0. The van der Waals surface area contributed by atoms with Gasteiger partial charge in [0.1, 0.15) is 5.75 Å². The Morgan fingerprint density at radius 3 is 2.82 bits per heavy atom. The van der Waals surface area contributed by atoms with E-state index in [0.717, 1.165) is 29.3 Å². The zero-order chi connectivity index (χ0) is 12.3. The molecular weight excluding hydrogens is 333 g/mol. The first-order valence-electron chi connectivity index (χ1n) is 5.61. The van der Waals surface area contributed by atoms with Crippen molar-refractivity contribution in [2.45, 2.75) is 31.8 Å². The van der Waals surface area contributed by atoms with Crippen molar-refractivity contribution >= 4 is 28.5 Å². The molecule has 1 amide bonds. The highest BCUT2D eigenvalue weighted by Crippen LogP contribution is 2.22. The lowest BCUT2D eigenvalue weighted by Gasteiger charge is -2.12. The maximum atomic E-state index is 11.8. The summed E-state index contributed by atoms with van der Waals surface area (Å²) in [5.74, 6) is -0.425. The number of phenolic OH excluding ortho intramolecular Hbond substituents is 1. The summed E-state index contributed by atoms with van der Waals surface area (Å²) in [6.45, 7) is 0. The van der Waals surface area contributed by atoms with Crippen LogP contribution in [0.25, 0.3) is 0 Å². The fourth-order valence-corrected chi connectivity index (χ4v) is 2.38. The molecule has 1 fully saturated rings. The summed E-state index contributed by atoms with van der Waals surface area (Å²) in [4.78, 5) is 17.1. The predicted octanol–water partition coefficient (Wildman–Crippen LogP) is 2.60. The van der Waals surface area contributed by atoms with Gasteiger partial charge in [-0.1, -0.05) is 12.8 Å². The molecule has 0 bridgehead atoms. The lowest BCUT2D eigenvalue weighted by atomic mass is 10.2. The molecule has 0 spiro atoms. The zero-order valence-electron chi connectivity index (χ0n) is 9.28. The Bertz CT molecular complexity index is 416. The van der Waals surface area contributed by atoms with E-state index in [4.69, 9.17) is 4.84 Å². The Labute approximate surface area is 113 Å². The molecule has 0 atom stereocenters. The van der Waals surface area contributed by atoms with Crippen LogP contribution in [0, 0.1) is 3.57 Å². The standard InChI is InChI=1S/C12H14INO3/c13-8-5-6-11(15)10(7-8)12(16)14-17-9-3-1-2-4-9/h5-7,9,15H,1-4H2,(H,14,16). The number of hydroxylamine groups is 1.